The minimum Gasteiger partial charge on any atom is -0.326 e. The molecule has 0 aliphatic rings. The molecule has 0 saturated heterocycles. The van der Waals surface area contributed by atoms with E-state index in [-0.39, 0.29) is 11.8 Å². The second kappa shape index (κ2) is 9.16. The molecule has 3 rings (SSSR count). The lowest BCUT2D eigenvalue weighted by molar-refractivity contribution is -0.117. The molecule has 0 radical (unpaired) electrons. The topological polar surface area (TPSA) is 42.0 Å². The highest BCUT2D eigenvalue weighted by molar-refractivity contribution is 9.10. The number of nitrogens with one attached hydrogen (secondary N) is 1. The van der Waals surface area contributed by atoms with E-state index < -0.39 is 0 Å². The van der Waals surface area contributed by atoms with Gasteiger partial charge in [-0.3, -0.25) is 9.78 Å². The first kappa shape index (κ1) is 20.3. The van der Waals surface area contributed by atoms with Crippen LogP contribution in [0.15, 0.2) is 71.3 Å². The number of aryl methyl sites for hydroxylation is 1. The summed E-state index contributed by atoms with van der Waals surface area (Å²) in [5, 5.41) is 3.09. The number of carbonyl (C=O) groups excluding carboxylic acids is 1. The van der Waals surface area contributed by atoms with Gasteiger partial charge in [0.25, 0.3) is 0 Å². The van der Waals surface area contributed by atoms with Gasteiger partial charge in [-0.05, 0) is 72.4 Å². The molecule has 4 heteroatoms. The van der Waals surface area contributed by atoms with Crippen LogP contribution >= 0.6 is 15.9 Å². The Morgan fingerprint density at radius 3 is 2.29 bits per heavy atom. The number of hydrogen-bond donors (Lipinski definition) is 1. The van der Waals surface area contributed by atoms with E-state index in [1.165, 1.54) is 0 Å². The average molecular weight is 437 g/mol. The lowest BCUT2D eigenvalue weighted by Crippen LogP contribution is -2.22. The molecule has 1 heterocycles. The number of hydrogen-bond acceptors (Lipinski definition) is 2. The average Bonchev–Trinajstić information content (AvgIpc) is 2.67. The Balaban J connectivity index is 1.76. The molecule has 0 saturated carbocycles. The smallest absolute Gasteiger partial charge is 0.231 e. The monoisotopic (exact) mass is 436 g/mol. The van der Waals surface area contributed by atoms with Crippen molar-refractivity contribution in [2.75, 3.05) is 5.32 Å². The number of rotatable bonds is 6. The van der Waals surface area contributed by atoms with E-state index in [1.807, 2.05) is 67.7 Å². The molecule has 0 aliphatic carbocycles. The number of halogens is 1. The quantitative estimate of drug-likeness (QED) is 0.473. The van der Waals surface area contributed by atoms with E-state index >= 15 is 0 Å². The van der Waals surface area contributed by atoms with Crippen LogP contribution in [0, 0.1) is 12.8 Å². The van der Waals surface area contributed by atoms with E-state index in [1.54, 1.807) is 0 Å². The fourth-order valence-electron chi connectivity index (χ4n) is 3.26. The normalized spacial score (nSPS) is 12.0. The number of amides is 1. The molecule has 0 bridgehead atoms. The van der Waals surface area contributed by atoms with E-state index in [0.29, 0.717) is 5.92 Å². The Hall–Kier alpha value is -2.46. The van der Waals surface area contributed by atoms with Gasteiger partial charge < -0.3 is 5.32 Å². The minimum absolute atomic E-state index is 0.0310. The van der Waals surface area contributed by atoms with Crippen LogP contribution in [0.3, 0.4) is 0 Å². The second-order valence-electron chi connectivity index (χ2n) is 7.49. The molecule has 3 nitrogen and oxygen atoms in total. The summed E-state index contributed by atoms with van der Waals surface area (Å²) in [6.45, 7) is 6.27. The molecule has 1 aromatic heterocycles. The summed E-state index contributed by atoms with van der Waals surface area (Å²) in [4.78, 5) is 17.2. The second-order valence-corrected chi connectivity index (χ2v) is 8.40. The standard InChI is InChI=1S/C24H25BrN2O/c1-16(2)14-23(19-4-8-21(25)9-5-19)24(28)27-22-10-6-18(7-11-22)20-12-13-26-17(3)15-20/h4-13,15-16,23H,14H2,1-3H3,(H,27,28). The third-order valence-corrected chi connectivity index (χ3v) is 5.21. The molecule has 0 fully saturated rings. The maximum absolute atomic E-state index is 13.0. The number of anilines is 1. The lowest BCUT2D eigenvalue weighted by atomic mass is 9.89. The van der Waals surface area contributed by atoms with Crippen molar-refractivity contribution in [1.29, 1.82) is 0 Å². The van der Waals surface area contributed by atoms with Gasteiger partial charge in [0.2, 0.25) is 5.91 Å². The van der Waals surface area contributed by atoms with Gasteiger partial charge >= 0.3 is 0 Å². The van der Waals surface area contributed by atoms with Crippen molar-refractivity contribution in [2.45, 2.75) is 33.1 Å². The number of nitrogens with zero attached hydrogens (tertiary/aromatic N) is 1. The largest absolute Gasteiger partial charge is 0.326 e. The molecule has 0 spiro atoms. The van der Waals surface area contributed by atoms with Crippen molar-refractivity contribution in [1.82, 2.24) is 4.98 Å². The summed E-state index contributed by atoms with van der Waals surface area (Å²) >= 11 is 3.46. The van der Waals surface area contributed by atoms with Gasteiger partial charge in [-0.25, -0.2) is 0 Å². The van der Waals surface area contributed by atoms with Crippen molar-refractivity contribution in [2.24, 2.45) is 5.92 Å². The van der Waals surface area contributed by atoms with Crippen LogP contribution in [0.1, 0.15) is 37.4 Å². The van der Waals surface area contributed by atoms with Gasteiger partial charge in [-0.1, -0.05) is 54.0 Å². The van der Waals surface area contributed by atoms with Crippen molar-refractivity contribution in [3.63, 3.8) is 0 Å². The van der Waals surface area contributed by atoms with Crippen molar-refractivity contribution >= 4 is 27.5 Å². The zero-order chi connectivity index (χ0) is 20.1. The van der Waals surface area contributed by atoms with Gasteiger partial charge in [0.15, 0.2) is 0 Å². The number of aromatic nitrogens is 1. The zero-order valence-corrected chi connectivity index (χ0v) is 18.0. The van der Waals surface area contributed by atoms with Crippen LogP contribution in [0.2, 0.25) is 0 Å². The molecule has 3 aromatic rings. The van der Waals surface area contributed by atoms with Gasteiger partial charge in [0, 0.05) is 22.1 Å². The molecule has 1 unspecified atom stereocenters. The predicted octanol–water partition coefficient (Wildman–Crippen LogP) is 6.59. The van der Waals surface area contributed by atoms with E-state index in [2.05, 4.69) is 46.1 Å². The highest BCUT2D eigenvalue weighted by atomic mass is 79.9. The molecule has 1 N–H and O–H groups in total. The van der Waals surface area contributed by atoms with E-state index in [0.717, 1.165) is 39.0 Å². The highest BCUT2D eigenvalue weighted by Crippen LogP contribution is 2.28. The third kappa shape index (κ3) is 5.29. The molecular weight excluding hydrogens is 412 g/mol. The third-order valence-electron chi connectivity index (χ3n) is 4.68. The van der Waals surface area contributed by atoms with E-state index in [4.69, 9.17) is 0 Å². The molecule has 2 aromatic carbocycles. The van der Waals surface area contributed by atoms with Crippen LogP contribution in [0.5, 0.6) is 0 Å². The zero-order valence-electron chi connectivity index (χ0n) is 16.4. The fourth-order valence-corrected chi connectivity index (χ4v) is 3.53. The van der Waals surface area contributed by atoms with Crippen LogP contribution in [0.4, 0.5) is 5.69 Å². The minimum atomic E-state index is -0.171. The van der Waals surface area contributed by atoms with Crippen LogP contribution < -0.4 is 5.32 Å². The Morgan fingerprint density at radius 1 is 1.00 bits per heavy atom. The molecule has 144 valence electrons. The van der Waals surface area contributed by atoms with E-state index in [9.17, 15) is 4.79 Å². The molecule has 28 heavy (non-hydrogen) atoms. The van der Waals surface area contributed by atoms with Crippen molar-refractivity contribution in [3.05, 3.63) is 82.6 Å². The number of pyridine rings is 1. The van der Waals surface area contributed by atoms with Gasteiger partial charge in [-0.2, -0.15) is 0 Å². The Labute approximate surface area is 175 Å². The van der Waals surface area contributed by atoms with Gasteiger partial charge in [0.05, 0.1) is 5.92 Å². The molecule has 0 aliphatic heterocycles. The van der Waals surface area contributed by atoms with Gasteiger partial charge in [-0.15, -0.1) is 0 Å². The lowest BCUT2D eigenvalue weighted by Gasteiger charge is -2.19. The maximum Gasteiger partial charge on any atom is 0.231 e. The first-order chi connectivity index (χ1) is 13.4. The Bertz CT molecular complexity index is 934. The van der Waals surface area contributed by atoms with Crippen LogP contribution in [-0.4, -0.2) is 10.9 Å². The predicted molar refractivity (Wildman–Crippen MR) is 119 cm³/mol. The summed E-state index contributed by atoms with van der Waals surface area (Å²) < 4.78 is 1.02. The Morgan fingerprint density at radius 2 is 1.68 bits per heavy atom. The van der Waals surface area contributed by atoms with Gasteiger partial charge in [0.1, 0.15) is 0 Å². The first-order valence-corrected chi connectivity index (χ1v) is 10.3. The summed E-state index contributed by atoms with van der Waals surface area (Å²) in [7, 11) is 0. The number of carbonyl (C=O) groups is 1. The number of benzene rings is 2. The molecular formula is C24H25BrN2O. The highest BCUT2D eigenvalue weighted by Gasteiger charge is 2.22. The van der Waals surface area contributed by atoms with Crippen LogP contribution in [0.25, 0.3) is 11.1 Å². The fraction of sp³-hybridized carbons (Fsp3) is 0.250. The molecule has 1 amide bonds. The SMILES string of the molecule is Cc1cc(-c2ccc(NC(=O)C(CC(C)C)c3ccc(Br)cc3)cc2)ccn1. The summed E-state index contributed by atoms with van der Waals surface area (Å²) in [6, 6.07) is 20.0. The Kier molecular flexibility index (Phi) is 6.63. The summed E-state index contributed by atoms with van der Waals surface area (Å²) in [5.41, 5.74) is 5.07. The summed E-state index contributed by atoms with van der Waals surface area (Å²) in [6.07, 6.45) is 2.62. The summed E-state index contributed by atoms with van der Waals surface area (Å²) in [5.74, 6) is 0.288. The van der Waals surface area contributed by atoms with Crippen molar-refractivity contribution < 1.29 is 4.79 Å². The van der Waals surface area contributed by atoms with Crippen molar-refractivity contribution in [3.8, 4) is 11.1 Å². The first-order valence-electron chi connectivity index (χ1n) is 9.52. The molecule has 1 atom stereocenters. The maximum atomic E-state index is 13.0. The van der Waals surface area contributed by atoms with Crippen LogP contribution in [-0.2, 0) is 4.79 Å².